The lowest BCUT2D eigenvalue weighted by Gasteiger charge is -2.09. The molecule has 0 atom stereocenters. The first-order valence-corrected chi connectivity index (χ1v) is 8.28. The third-order valence-corrected chi connectivity index (χ3v) is 4.00. The SMILES string of the molecule is C=C(Br)CNC(=O)c1cc(-c2ccccc2)nc2c1c(C)nn2C. The number of aryl methyl sites for hydroxylation is 2. The van der Waals surface area contributed by atoms with Crippen LogP contribution in [0, 0.1) is 6.92 Å². The van der Waals surface area contributed by atoms with Gasteiger partial charge in [-0.3, -0.25) is 9.48 Å². The summed E-state index contributed by atoms with van der Waals surface area (Å²) in [6, 6.07) is 11.6. The molecule has 0 aliphatic heterocycles. The quantitative estimate of drug-likeness (QED) is 0.747. The van der Waals surface area contributed by atoms with E-state index in [1.165, 1.54) is 0 Å². The van der Waals surface area contributed by atoms with E-state index in [0.717, 1.165) is 22.3 Å². The maximum absolute atomic E-state index is 12.7. The fourth-order valence-corrected chi connectivity index (χ4v) is 2.79. The van der Waals surface area contributed by atoms with Gasteiger partial charge in [0.25, 0.3) is 5.91 Å². The van der Waals surface area contributed by atoms with Crippen molar-refractivity contribution in [3.63, 3.8) is 0 Å². The van der Waals surface area contributed by atoms with Crippen molar-refractivity contribution >= 4 is 32.9 Å². The van der Waals surface area contributed by atoms with E-state index in [9.17, 15) is 4.79 Å². The molecule has 2 aromatic heterocycles. The van der Waals surface area contributed by atoms with Gasteiger partial charge in [-0.1, -0.05) is 52.8 Å². The lowest BCUT2D eigenvalue weighted by atomic mass is 10.0. The maximum atomic E-state index is 12.7. The molecule has 122 valence electrons. The van der Waals surface area contributed by atoms with Crippen LogP contribution in [0.2, 0.25) is 0 Å². The summed E-state index contributed by atoms with van der Waals surface area (Å²) in [4.78, 5) is 17.4. The standard InChI is InChI=1S/C18H17BrN4O/c1-11(19)10-20-18(24)14-9-15(13-7-5-4-6-8-13)21-17-16(14)12(2)22-23(17)3/h4-9H,1,10H2,2-3H3,(H,20,24). The number of pyridine rings is 1. The van der Waals surface area contributed by atoms with E-state index in [1.807, 2.05) is 50.4 Å². The highest BCUT2D eigenvalue weighted by Gasteiger charge is 2.19. The van der Waals surface area contributed by atoms with Gasteiger partial charge in [0.05, 0.1) is 22.3 Å². The number of halogens is 1. The van der Waals surface area contributed by atoms with Crippen molar-refractivity contribution in [2.45, 2.75) is 6.92 Å². The van der Waals surface area contributed by atoms with Crippen LogP contribution in [0.15, 0.2) is 47.5 Å². The molecule has 1 aromatic carbocycles. The summed E-state index contributed by atoms with van der Waals surface area (Å²) in [5.41, 5.74) is 3.74. The van der Waals surface area contributed by atoms with E-state index >= 15 is 0 Å². The van der Waals surface area contributed by atoms with Crippen LogP contribution in [-0.4, -0.2) is 27.2 Å². The molecule has 3 rings (SSSR count). The number of hydrogen-bond acceptors (Lipinski definition) is 3. The van der Waals surface area contributed by atoms with Gasteiger partial charge in [0.15, 0.2) is 5.65 Å². The normalized spacial score (nSPS) is 10.8. The van der Waals surface area contributed by atoms with Crippen LogP contribution in [0.3, 0.4) is 0 Å². The van der Waals surface area contributed by atoms with Gasteiger partial charge in [-0.2, -0.15) is 5.10 Å². The zero-order chi connectivity index (χ0) is 17.3. The molecule has 5 nitrogen and oxygen atoms in total. The van der Waals surface area contributed by atoms with Crippen LogP contribution >= 0.6 is 15.9 Å². The molecule has 0 radical (unpaired) electrons. The van der Waals surface area contributed by atoms with E-state index < -0.39 is 0 Å². The van der Waals surface area contributed by atoms with Gasteiger partial charge in [-0.15, -0.1) is 0 Å². The number of fused-ring (bicyclic) bond motifs is 1. The second kappa shape index (κ2) is 6.57. The van der Waals surface area contributed by atoms with Gasteiger partial charge in [0, 0.05) is 23.6 Å². The lowest BCUT2D eigenvalue weighted by Crippen LogP contribution is -2.24. The van der Waals surface area contributed by atoms with Gasteiger partial charge >= 0.3 is 0 Å². The Morgan fingerprint density at radius 1 is 1.33 bits per heavy atom. The fraction of sp³-hybridized carbons (Fsp3) is 0.167. The third kappa shape index (κ3) is 3.10. The predicted octanol–water partition coefficient (Wildman–Crippen LogP) is 3.58. The van der Waals surface area contributed by atoms with Crippen LogP contribution in [0.1, 0.15) is 16.1 Å². The van der Waals surface area contributed by atoms with Gasteiger partial charge in [0.1, 0.15) is 0 Å². The Bertz CT molecular complexity index is 931. The van der Waals surface area contributed by atoms with Gasteiger partial charge in [-0.05, 0) is 13.0 Å². The summed E-state index contributed by atoms with van der Waals surface area (Å²) < 4.78 is 2.42. The summed E-state index contributed by atoms with van der Waals surface area (Å²) in [5.74, 6) is -0.170. The van der Waals surface area contributed by atoms with E-state index in [0.29, 0.717) is 22.2 Å². The average Bonchev–Trinajstić information content (AvgIpc) is 2.87. The number of nitrogens with one attached hydrogen (secondary N) is 1. The monoisotopic (exact) mass is 384 g/mol. The third-order valence-electron chi connectivity index (χ3n) is 3.72. The molecule has 3 aromatic rings. The largest absolute Gasteiger partial charge is 0.347 e. The van der Waals surface area contributed by atoms with Crippen molar-refractivity contribution in [3.05, 3.63) is 58.7 Å². The topological polar surface area (TPSA) is 59.8 Å². The molecule has 6 heteroatoms. The van der Waals surface area contributed by atoms with Crippen molar-refractivity contribution < 1.29 is 4.79 Å². The van der Waals surface area contributed by atoms with Gasteiger partial charge in [-0.25, -0.2) is 4.98 Å². The van der Waals surface area contributed by atoms with E-state index in [1.54, 1.807) is 4.68 Å². The molecular weight excluding hydrogens is 368 g/mol. The molecule has 0 aliphatic carbocycles. The smallest absolute Gasteiger partial charge is 0.252 e. The molecular formula is C18H17BrN4O. The van der Waals surface area contributed by atoms with Crippen molar-refractivity contribution in [1.82, 2.24) is 20.1 Å². The Morgan fingerprint density at radius 3 is 2.71 bits per heavy atom. The fourth-order valence-electron chi connectivity index (χ4n) is 2.65. The van der Waals surface area contributed by atoms with Crippen LogP contribution in [0.25, 0.3) is 22.3 Å². The summed E-state index contributed by atoms with van der Waals surface area (Å²) >= 11 is 3.26. The van der Waals surface area contributed by atoms with Gasteiger partial charge in [0.2, 0.25) is 0 Å². The van der Waals surface area contributed by atoms with Crippen LogP contribution in [0.5, 0.6) is 0 Å². The second-order valence-corrected chi connectivity index (χ2v) is 6.65. The Balaban J connectivity index is 2.18. The van der Waals surface area contributed by atoms with Crippen molar-refractivity contribution in [2.75, 3.05) is 6.54 Å². The Kier molecular flexibility index (Phi) is 4.49. The Hall–Kier alpha value is -2.47. The predicted molar refractivity (Wildman–Crippen MR) is 99.1 cm³/mol. The minimum atomic E-state index is -0.170. The summed E-state index contributed by atoms with van der Waals surface area (Å²) in [6.45, 7) is 5.99. The number of benzene rings is 1. The molecule has 0 aliphatic rings. The van der Waals surface area contributed by atoms with Crippen LogP contribution in [0.4, 0.5) is 0 Å². The summed E-state index contributed by atoms with van der Waals surface area (Å²) in [6.07, 6.45) is 0. The summed E-state index contributed by atoms with van der Waals surface area (Å²) in [7, 11) is 1.83. The molecule has 1 amide bonds. The second-order valence-electron chi connectivity index (χ2n) is 5.53. The number of amides is 1. The highest BCUT2D eigenvalue weighted by Crippen LogP contribution is 2.26. The Morgan fingerprint density at radius 2 is 2.04 bits per heavy atom. The number of rotatable bonds is 4. The zero-order valence-corrected chi connectivity index (χ0v) is 15.1. The minimum Gasteiger partial charge on any atom is -0.347 e. The first-order chi connectivity index (χ1) is 11.5. The molecule has 0 saturated heterocycles. The highest BCUT2D eigenvalue weighted by molar-refractivity contribution is 9.11. The number of nitrogens with zero attached hydrogens (tertiary/aromatic N) is 3. The molecule has 0 bridgehead atoms. The molecule has 0 saturated carbocycles. The number of hydrogen-bond donors (Lipinski definition) is 1. The van der Waals surface area contributed by atoms with Crippen molar-refractivity contribution in [1.29, 1.82) is 0 Å². The molecule has 1 N–H and O–H groups in total. The number of aromatic nitrogens is 3. The van der Waals surface area contributed by atoms with Gasteiger partial charge < -0.3 is 5.32 Å². The lowest BCUT2D eigenvalue weighted by molar-refractivity contribution is 0.0959. The zero-order valence-electron chi connectivity index (χ0n) is 13.5. The van der Waals surface area contributed by atoms with E-state index in [2.05, 4.69) is 32.9 Å². The number of carbonyl (C=O) groups excluding carboxylic acids is 1. The Labute approximate surface area is 148 Å². The molecule has 24 heavy (non-hydrogen) atoms. The number of carbonyl (C=O) groups is 1. The molecule has 0 unspecified atom stereocenters. The maximum Gasteiger partial charge on any atom is 0.252 e. The van der Waals surface area contributed by atoms with E-state index in [-0.39, 0.29) is 5.91 Å². The molecule has 0 spiro atoms. The van der Waals surface area contributed by atoms with Crippen LogP contribution < -0.4 is 5.32 Å². The first kappa shape index (κ1) is 16.4. The van der Waals surface area contributed by atoms with Crippen molar-refractivity contribution in [3.8, 4) is 11.3 Å². The van der Waals surface area contributed by atoms with Crippen LogP contribution in [-0.2, 0) is 7.05 Å². The average molecular weight is 385 g/mol. The first-order valence-electron chi connectivity index (χ1n) is 7.48. The summed E-state index contributed by atoms with van der Waals surface area (Å²) in [5, 5.41) is 8.04. The minimum absolute atomic E-state index is 0.170. The van der Waals surface area contributed by atoms with E-state index in [4.69, 9.17) is 4.98 Å². The van der Waals surface area contributed by atoms with Crippen molar-refractivity contribution in [2.24, 2.45) is 7.05 Å². The highest BCUT2D eigenvalue weighted by atomic mass is 79.9. The molecule has 0 fully saturated rings. The molecule has 2 heterocycles.